The van der Waals surface area contributed by atoms with Crippen molar-refractivity contribution in [2.24, 2.45) is 11.8 Å². The smallest absolute Gasteiger partial charge is 0.417 e. The average molecular weight is 339 g/mol. The first kappa shape index (κ1) is 20.2. The number of carbonyl (C=O) groups is 3. The largest absolute Gasteiger partial charge is 0.460 e. The zero-order chi connectivity index (χ0) is 18.9. The van der Waals surface area contributed by atoms with E-state index in [2.05, 4.69) is 6.58 Å². The Morgan fingerprint density at radius 1 is 1.12 bits per heavy atom. The third kappa shape index (κ3) is 5.65. The van der Waals surface area contributed by atoms with Gasteiger partial charge in [0.25, 0.3) is 0 Å². The summed E-state index contributed by atoms with van der Waals surface area (Å²) in [6, 6.07) is 0. The van der Waals surface area contributed by atoms with Gasteiger partial charge >= 0.3 is 12.1 Å². The van der Waals surface area contributed by atoms with E-state index in [0.717, 1.165) is 10.5 Å². The summed E-state index contributed by atoms with van der Waals surface area (Å²) < 4.78 is 10.6. The second-order valence-corrected chi connectivity index (χ2v) is 8.28. The molecule has 6 nitrogen and oxygen atoms in total. The Balaban J connectivity index is 2.90. The maximum absolute atomic E-state index is 12.6. The lowest BCUT2D eigenvalue weighted by atomic mass is 9.87. The molecule has 1 heterocycles. The van der Waals surface area contributed by atoms with Crippen LogP contribution in [0.5, 0.6) is 0 Å². The quantitative estimate of drug-likeness (QED) is 0.582. The predicted octanol–water partition coefficient (Wildman–Crippen LogP) is 3.30. The van der Waals surface area contributed by atoms with Crippen LogP contribution in [0.3, 0.4) is 0 Å². The zero-order valence-electron chi connectivity index (χ0n) is 15.8. The molecule has 0 aromatic heterocycles. The predicted molar refractivity (Wildman–Crippen MR) is 90.2 cm³/mol. The number of likely N-dealkylation sites (tertiary alicyclic amines) is 1. The van der Waals surface area contributed by atoms with Gasteiger partial charge in [-0.05, 0) is 48.5 Å². The molecule has 0 saturated carbocycles. The van der Waals surface area contributed by atoms with Crippen LogP contribution in [0.4, 0.5) is 4.79 Å². The van der Waals surface area contributed by atoms with Crippen molar-refractivity contribution in [3.05, 3.63) is 12.2 Å². The van der Waals surface area contributed by atoms with Crippen LogP contribution in [0, 0.1) is 11.8 Å². The Morgan fingerprint density at radius 2 is 1.62 bits per heavy atom. The van der Waals surface area contributed by atoms with Gasteiger partial charge in [-0.15, -0.1) is 0 Å². The van der Waals surface area contributed by atoms with Crippen LogP contribution in [0.2, 0.25) is 0 Å². The van der Waals surface area contributed by atoms with Crippen molar-refractivity contribution >= 4 is 18.0 Å². The van der Waals surface area contributed by atoms with E-state index in [9.17, 15) is 14.4 Å². The molecule has 0 aliphatic carbocycles. The molecule has 1 aliphatic rings. The molecule has 0 radical (unpaired) electrons. The van der Waals surface area contributed by atoms with Crippen molar-refractivity contribution in [2.45, 2.75) is 66.1 Å². The molecule has 2 atom stereocenters. The Labute approximate surface area is 144 Å². The van der Waals surface area contributed by atoms with Crippen molar-refractivity contribution in [3.8, 4) is 0 Å². The number of hydrogen-bond donors (Lipinski definition) is 0. The summed E-state index contributed by atoms with van der Waals surface area (Å²) in [5.41, 5.74) is -0.565. The van der Waals surface area contributed by atoms with Crippen molar-refractivity contribution in [2.75, 3.05) is 6.54 Å². The van der Waals surface area contributed by atoms with Crippen molar-refractivity contribution in [1.82, 2.24) is 4.90 Å². The summed E-state index contributed by atoms with van der Waals surface area (Å²) >= 11 is 0. The molecule has 0 aromatic rings. The number of amides is 2. The lowest BCUT2D eigenvalue weighted by Crippen LogP contribution is -2.39. The highest BCUT2D eigenvalue weighted by Gasteiger charge is 2.46. The van der Waals surface area contributed by atoms with Gasteiger partial charge in [0, 0.05) is 12.5 Å². The van der Waals surface area contributed by atoms with Crippen LogP contribution in [0.15, 0.2) is 12.2 Å². The van der Waals surface area contributed by atoms with Gasteiger partial charge in [-0.1, -0.05) is 12.2 Å². The lowest BCUT2D eigenvalue weighted by molar-refractivity contribution is -0.157. The highest BCUT2D eigenvalue weighted by Crippen LogP contribution is 2.34. The molecule has 24 heavy (non-hydrogen) atoms. The van der Waals surface area contributed by atoms with Gasteiger partial charge in [0.15, 0.2) is 0 Å². The Kier molecular flexibility index (Phi) is 5.85. The second kappa shape index (κ2) is 6.95. The van der Waals surface area contributed by atoms with E-state index in [1.165, 1.54) is 0 Å². The van der Waals surface area contributed by atoms with Crippen LogP contribution in [-0.2, 0) is 19.1 Å². The maximum atomic E-state index is 12.6. The van der Waals surface area contributed by atoms with Crippen LogP contribution in [0.25, 0.3) is 0 Å². The molecule has 1 fully saturated rings. The summed E-state index contributed by atoms with van der Waals surface area (Å²) in [6.45, 7) is 16.4. The van der Waals surface area contributed by atoms with Gasteiger partial charge in [0.1, 0.15) is 11.2 Å². The first-order chi connectivity index (χ1) is 10.7. The Morgan fingerprint density at radius 3 is 2.04 bits per heavy atom. The van der Waals surface area contributed by atoms with E-state index in [1.54, 1.807) is 48.5 Å². The van der Waals surface area contributed by atoms with Gasteiger partial charge < -0.3 is 9.47 Å². The molecule has 6 heteroatoms. The number of rotatable bonds is 3. The fourth-order valence-corrected chi connectivity index (χ4v) is 2.56. The lowest BCUT2D eigenvalue weighted by Gasteiger charge is -2.23. The first-order valence-corrected chi connectivity index (χ1v) is 8.13. The molecule has 2 amide bonds. The maximum Gasteiger partial charge on any atom is 0.417 e. The van der Waals surface area contributed by atoms with Crippen molar-refractivity contribution in [1.29, 1.82) is 0 Å². The third-order valence-electron chi connectivity index (χ3n) is 3.50. The van der Waals surface area contributed by atoms with Gasteiger partial charge in [-0.25, -0.2) is 9.69 Å². The summed E-state index contributed by atoms with van der Waals surface area (Å²) in [5, 5.41) is 0. The van der Waals surface area contributed by atoms with Gasteiger partial charge in [0.05, 0.1) is 12.3 Å². The van der Waals surface area contributed by atoms with E-state index in [1.807, 2.05) is 0 Å². The molecule has 1 rings (SSSR count). The molecule has 1 saturated heterocycles. The highest BCUT2D eigenvalue weighted by molar-refractivity contribution is 5.97. The molecule has 0 bridgehead atoms. The monoisotopic (exact) mass is 339 g/mol. The normalized spacial score (nSPS) is 21.6. The van der Waals surface area contributed by atoms with E-state index < -0.39 is 35.1 Å². The van der Waals surface area contributed by atoms with Crippen LogP contribution >= 0.6 is 0 Å². The van der Waals surface area contributed by atoms with Crippen LogP contribution in [-0.4, -0.2) is 40.6 Å². The SMILES string of the molecule is C=C(C)[C@H]1CN(C(=O)OC(C)(C)C)C(=O)[C@@H]1CC(=O)OC(C)(C)C. The van der Waals surface area contributed by atoms with Crippen molar-refractivity contribution in [3.63, 3.8) is 0 Å². The zero-order valence-corrected chi connectivity index (χ0v) is 15.8. The minimum atomic E-state index is -0.695. The molecular weight excluding hydrogens is 310 g/mol. The average Bonchev–Trinajstić information content (AvgIpc) is 2.62. The molecule has 0 aromatic carbocycles. The number of nitrogens with zero attached hydrogens (tertiary/aromatic N) is 1. The third-order valence-corrected chi connectivity index (χ3v) is 3.50. The standard InChI is InChI=1S/C18H29NO5/c1-11(2)13-10-19(16(22)24-18(6,7)8)15(21)12(13)9-14(20)23-17(3,4)5/h12-13H,1,9-10H2,2-8H3/t12-,13-/m1/s1. The van der Waals surface area contributed by atoms with Gasteiger partial charge in [-0.3, -0.25) is 9.59 Å². The Bertz CT molecular complexity index is 539. The Hall–Kier alpha value is -1.85. The molecule has 1 aliphatic heterocycles. The topological polar surface area (TPSA) is 72.9 Å². The summed E-state index contributed by atoms with van der Waals surface area (Å²) in [7, 11) is 0. The fraction of sp³-hybridized carbons (Fsp3) is 0.722. The van der Waals surface area contributed by atoms with Gasteiger partial charge in [-0.2, -0.15) is 0 Å². The minimum absolute atomic E-state index is 0.0765. The van der Waals surface area contributed by atoms with E-state index in [0.29, 0.717) is 0 Å². The first-order valence-electron chi connectivity index (χ1n) is 8.13. The summed E-state index contributed by atoms with van der Waals surface area (Å²) in [4.78, 5) is 38.0. The number of imide groups is 1. The molecule has 0 N–H and O–H groups in total. The molecule has 136 valence electrons. The second-order valence-electron chi connectivity index (χ2n) is 8.28. The number of hydrogen-bond acceptors (Lipinski definition) is 5. The molecular formula is C18H29NO5. The van der Waals surface area contributed by atoms with Crippen LogP contribution in [0.1, 0.15) is 54.9 Å². The highest BCUT2D eigenvalue weighted by atomic mass is 16.6. The van der Waals surface area contributed by atoms with Crippen molar-refractivity contribution < 1.29 is 23.9 Å². The number of carbonyl (C=O) groups excluding carboxylic acids is 3. The van der Waals surface area contributed by atoms with E-state index >= 15 is 0 Å². The van der Waals surface area contributed by atoms with Gasteiger partial charge in [0.2, 0.25) is 5.91 Å². The minimum Gasteiger partial charge on any atom is -0.460 e. The summed E-state index contributed by atoms with van der Waals surface area (Å²) in [5.74, 6) is -1.80. The van der Waals surface area contributed by atoms with E-state index in [4.69, 9.17) is 9.47 Å². The fourth-order valence-electron chi connectivity index (χ4n) is 2.56. The summed E-state index contributed by atoms with van der Waals surface area (Å²) in [6.07, 6.45) is -0.766. The van der Waals surface area contributed by atoms with Crippen LogP contribution < -0.4 is 0 Å². The molecule has 0 unspecified atom stereocenters. The molecule has 0 spiro atoms. The number of ether oxygens (including phenoxy) is 2. The van der Waals surface area contributed by atoms with E-state index in [-0.39, 0.29) is 18.9 Å². The number of esters is 1.